The number of carbonyl (C=O) groups is 1. The molecule has 7 heteroatoms. The molecule has 2 aromatic rings. The molecule has 1 fully saturated rings. The predicted molar refractivity (Wildman–Crippen MR) is 128 cm³/mol. The number of rotatable bonds is 9. The minimum atomic E-state index is -0.650. The number of benzene rings is 2. The summed E-state index contributed by atoms with van der Waals surface area (Å²) < 4.78 is 23.0. The Morgan fingerprint density at radius 2 is 1.84 bits per heavy atom. The van der Waals surface area contributed by atoms with Gasteiger partial charge in [-0.1, -0.05) is 18.2 Å². The number of carbonyl (C=O) groups excluding carboxylic acids is 1. The van der Waals surface area contributed by atoms with E-state index < -0.39 is 34.5 Å². The van der Waals surface area contributed by atoms with E-state index in [-0.39, 0.29) is 6.61 Å². The third-order valence-electron chi connectivity index (χ3n) is 5.14. The van der Waals surface area contributed by atoms with Crippen molar-refractivity contribution in [2.24, 2.45) is 0 Å². The fraction of sp³-hybridized carbons (Fsp3) is 0.480. The predicted octanol–water partition coefficient (Wildman–Crippen LogP) is 4.52. The van der Waals surface area contributed by atoms with Crippen molar-refractivity contribution in [1.82, 2.24) is 0 Å². The Balaban J connectivity index is 1.51. The van der Waals surface area contributed by atoms with Crippen LogP contribution in [0.1, 0.15) is 28.8 Å². The molecule has 3 atom stereocenters. The Labute approximate surface area is 192 Å². The normalized spacial score (nSPS) is 21.7. The molecule has 1 N–H and O–H groups in total. The van der Waals surface area contributed by atoms with Gasteiger partial charge in [0, 0.05) is 18.6 Å². The van der Waals surface area contributed by atoms with Crippen molar-refractivity contribution in [2.75, 3.05) is 37.7 Å². The van der Waals surface area contributed by atoms with Crippen molar-refractivity contribution in [2.45, 2.75) is 38.3 Å². The molecule has 0 radical (unpaired) electrons. The Morgan fingerprint density at radius 3 is 2.53 bits per heavy atom. The van der Waals surface area contributed by atoms with Crippen LogP contribution in [0.2, 0.25) is 0 Å². The van der Waals surface area contributed by atoms with Gasteiger partial charge in [-0.2, -0.15) is 0 Å². The van der Waals surface area contributed by atoms with Gasteiger partial charge in [-0.05, 0) is 61.6 Å². The molecule has 2 aromatic carbocycles. The van der Waals surface area contributed by atoms with Crippen LogP contribution in [0.3, 0.4) is 0 Å². The maximum atomic E-state index is 12.6. The fourth-order valence-corrected chi connectivity index (χ4v) is 3.99. The van der Waals surface area contributed by atoms with E-state index >= 15 is 0 Å². The van der Waals surface area contributed by atoms with Crippen LogP contribution in [0.4, 0.5) is 0 Å². The van der Waals surface area contributed by atoms with Crippen molar-refractivity contribution in [3.8, 4) is 11.5 Å². The number of hydrogen-bond acceptors (Lipinski definition) is 6. The number of hydrogen-bond donors (Lipinski definition) is 1. The third kappa shape index (κ3) is 7.81. The topological polar surface area (TPSA) is 74.2 Å². The average Bonchev–Trinajstić information content (AvgIpc) is 2.72. The van der Waals surface area contributed by atoms with E-state index in [1.165, 1.54) is 0 Å². The molecule has 0 aliphatic carbocycles. The van der Waals surface area contributed by atoms with Crippen LogP contribution >= 0.6 is 10.0 Å². The highest BCUT2D eigenvalue weighted by atomic mass is 32.3. The van der Waals surface area contributed by atoms with Gasteiger partial charge in [0.2, 0.25) is 0 Å². The summed E-state index contributed by atoms with van der Waals surface area (Å²) in [7, 11) is -0.650. The van der Waals surface area contributed by atoms with E-state index in [0.717, 1.165) is 17.1 Å². The summed E-state index contributed by atoms with van der Waals surface area (Å²) in [5.74, 6) is 1.94. The minimum Gasteiger partial charge on any atom is -0.459 e. The molecule has 1 heterocycles. The Bertz CT molecular complexity index is 880. The van der Waals surface area contributed by atoms with Gasteiger partial charge >= 0.3 is 5.97 Å². The lowest BCUT2D eigenvalue weighted by Gasteiger charge is -2.33. The van der Waals surface area contributed by atoms with Crippen molar-refractivity contribution in [3.63, 3.8) is 0 Å². The van der Waals surface area contributed by atoms with E-state index in [9.17, 15) is 9.90 Å². The van der Waals surface area contributed by atoms with Crippen LogP contribution in [-0.2, 0) is 14.2 Å². The molecule has 1 aliphatic heterocycles. The smallest absolute Gasteiger partial charge is 0.338 e. The molecule has 0 amide bonds. The molecule has 176 valence electrons. The largest absolute Gasteiger partial charge is 0.459 e. The van der Waals surface area contributed by atoms with Gasteiger partial charge in [-0.15, -0.1) is 0 Å². The summed E-state index contributed by atoms with van der Waals surface area (Å²) in [4.78, 5) is 12.6. The first kappa shape index (κ1) is 24.6. The van der Waals surface area contributed by atoms with E-state index in [0.29, 0.717) is 30.8 Å². The van der Waals surface area contributed by atoms with Crippen LogP contribution in [0.15, 0.2) is 48.5 Å². The summed E-state index contributed by atoms with van der Waals surface area (Å²) in [5, 5.41) is 10.2. The van der Waals surface area contributed by atoms with Crippen LogP contribution in [0.25, 0.3) is 0 Å². The van der Waals surface area contributed by atoms with Crippen molar-refractivity contribution < 1.29 is 28.8 Å². The second-order valence-corrected chi connectivity index (χ2v) is 13.6. The van der Waals surface area contributed by atoms with Crippen molar-refractivity contribution in [3.05, 3.63) is 59.7 Å². The summed E-state index contributed by atoms with van der Waals surface area (Å²) in [6.07, 6.45) is 6.16. The zero-order valence-electron chi connectivity index (χ0n) is 19.3. The van der Waals surface area contributed by atoms with E-state index in [1.54, 1.807) is 12.1 Å². The molecule has 1 saturated heterocycles. The number of esters is 1. The lowest BCUT2D eigenvalue weighted by Crippen LogP contribution is -2.40. The Morgan fingerprint density at radius 1 is 1.09 bits per heavy atom. The first-order chi connectivity index (χ1) is 15.2. The third-order valence-corrected chi connectivity index (χ3v) is 6.53. The van der Waals surface area contributed by atoms with Crippen LogP contribution in [0, 0.1) is 6.92 Å². The van der Waals surface area contributed by atoms with Gasteiger partial charge in [0.1, 0.15) is 18.1 Å². The van der Waals surface area contributed by atoms with Crippen molar-refractivity contribution in [1.29, 1.82) is 0 Å². The number of para-hydroxylation sites is 1. The zero-order valence-corrected chi connectivity index (χ0v) is 20.1. The number of aryl methyl sites for hydroxylation is 1. The first-order valence-electron chi connectivity index (χ1n) is 10.8. The lowest BCUT2D eigenvalue weighted by atomic mass is 10.1. The monoisotopic (exact) mass is 462 g/mol. The molecule has 3 rings (SSSR count). The summed E-state index contributed by atoms with van der Waals surface area (Å²) >= 11 is 0. The quantitative estimate of drug-likeness (QED) is 0.553. The maximum Gasteiger partial charge on any atom is 0.338 e. The van der Waals surface area contributed by atoms with E-state index in [4.69, 9.17) is 18.9 Å². The molecule has 6 nitrogen and oxygen atoms in total. The first-order valence-corrected chi connectivity index (χ1v) is 13.8. The summed E-state index contributed by atoms with van der Waals surface area (Å²) in [6.45, 7) is 2.51. The highest BCUT2D eigenvalue weighted by Gasteiger charge is 2.30. The summed E-state index contributed by atoms with van der Waals surface area (Å²) in [5.41, 5.74) is 1.24. The summed E-state index contributed by atoms with van der Waals surface area (Å²) in [6, 6.07) is 14.7. The molecule has 0 saturated carbocycles. The average molecular weight is 463 g/mol. The molecule has 1 aliphatic rings. The molecular formula is C25H34O6S. The van der Waals surface area contributed by atoms with Gasteiger partial charge in [0.25, 0.3) is 0 Å². The molecule has 0 bridgehead atoms. The highest BCUT2D eigenvalue weighted by Crippen LogP contribution is 2.34. The zero-order chi connectivity index (χ0) is 23.1. The van der Waals surface area contributed by atoms with E-state index in [1.807, 2.05) is 43.3 Å². The standard InChI is InChI=1S/C25H34O6S/c1-18-14-21(30-20-8-6-5-7-9-20)10-11-23(18)25(27)29-17-22-15-19(26)16-24(31-22)28-12-13-32(2,3)4/h5-11,14,19,22,24,26H,12-13,15-17H2,1-4H3/t19-,22-,24+/m0/s1. The fourth-order valence-electron chi connectivity index (χ4n) is 3.39. The van der Waals surface area contributed by atoms with Gasteiger partial charge in [0.15, 0.2) is 6.29 Å². The minimum absolute atomic E-state index is 0.0714. The molecule has 32 heavy (non-hydrogen) atoms. The second kappa shape index (κ2) is 11.2. The molecule has 0 spiro atoms. The van der Waals surface area contributed by atoms with Gasteiger partial charge in [-0.25, -0.2) is 14.8 Å². The number of aliphatic hydroxyl groups excluding tert-OH is 1. The maximum absolute atomic E-state index is 12.6. The lowest BCUT2D eigenvalue weighted by molar-refractivity contribution is -0.219. The van der Waals surface area contributed by atoms with Crippen LogP contribution < -0.4 is 4.74 Å². The Kier molecular flexibility index (Phi) is 8.59. The SMILES string of the molecule is Cc1cc(Oc2ccccc2)ccc1C(=O)OC[C@@H]1C[C@H](O)C[C@H](OCCS(C)(C)C)O1. The van der Waals surface area contributed by atoms with Gasteiger partial charge in [0.05, 0.1) is 24.4 Å². The molecule has 0 aromatic heterocycles. The number of aliphatic hydroxyl groups is 1. The second-order valence-electron chi connectivity index (χ2n) is 8.97. The van der Waals surface area contributed by atoms with Crippen LogP contribution in [-0.4, -0.2) is 67.3 Å². The highest BCUT2D eigenvalue weighted by molar-refractivity contribution is 8.32. The van der Waals surface area contributed by atoms with Crippen LogP contribution in [0.5, 0.6) is 11.5 Å². The Hall–Kier alpha value is -2.06. The van der Waals surface area contributed by atoms with Crippen molar-refractivity contribution >= 4 is 16.0 Å². The number of ether oxygens (including phenoxy) is 4. The molecule has 0 unspecified atom stereocenters. The van der Waals surface area contributed by atoms with Gasteiger partial charge < -0.3 is 24.1 Å². The molecular weight excluding hydrogens is 428 g/mol. The van der Waals surface area contributed by atoms with Gasteiger partial charge in [-0.3, -0.25) is 0 Å². The van der Waals surface area contributed by atoms with E-state index in [2.05, 4.69) is 18.8 Å².